The van der Waals surface area contributed by atoms with E-state index in [-0.39, 0.29) is 23.7 Å². The third-order valence-electron chi connectivity index (χ3n) is 4.64. The van der Waals surface area contributed by atoms with Crippen LogP contribution in [-0.4, -0.2) is 33.0 Å². The lowest BCUT2D eigenvalue weighted by Crippen LogP contribution is -2.16. The summed E-state index contributed by atoms with van der Waals surface area (Å²) in [5.41, 5.74) is 7.24. The Morgan fingerprint density at radius 2 is 1.97 bits per heavy atom. The average Bonchev–Trinajstić information content (AvgIpc) is 3.32. The summed E-state index contributed by atoms with van der Waals surface area (Å²) < 4.78 is 26.3. The van der Waals surface area contributed by atoms with E-state index in [4.69, 9.17) is 14.9 Å². The first-order valence-corrected chi connectivity index (χ1v) is 9.32. The molecule has 0 fully saturated rings. The molecule has 0 aliphatic rings. The summed E-state index contributed by atoms with van der Waals surface area (Å²) in [6.07, 6.45) is 0. The zero-order chi connectivity index (χ0) is 22.0. The minimum absolute atomic E-state index is 0.0232. The Morgan fingerprint density at radius 3 is 2.74 bits per heavy atom. The molecule has 0 saturated carbocycles. The van der Waals surface area contributed by atoms with Gasteiger partial charge in [-0.25, -0.2) is 14.1 Å². The van der Waals surface area contributed by atoms with E-state index in [1.807, 2.05) is 24.3 Å². The van der Waals surface area contributed by atoms with Crippen LogP contribution < -0.4 is 15.8 Å². The van der Waals surface area contributed by atoms with Crippen molar-refractivity contribution >= 4 is 17.4 Å². The first-order valence-electron chi connectivity index (χ1n) is 9.32. The number of oxazole rings is 1. The van der Waals surface area contributed by atoms with Crippen molar-refractivity contribution in [3.05, 3.63) is 71.5 Å². The number of methoxy groups -OCH3 is 1. The summed E-state index contributed by atoms with van der Waals surface area (Å²) in [4.78, 5) is 17.0. The van der Waals surface area contributed by atoms with Crippen molar-refractivity contribution in [2.24, 2.45) is 0 Å². The van der Waals surface area contributed by atoms with Crippen LogP contribution in [0.5, 0.6) is 5.75 Å². The van der Waals surface area contributed by atoms with E-state index < -0.39 is 11.7 Å². The number of aromatic nitrogens is 4. The van der Waals surface area contributed by atoms with E-state index in [9.17, 15) is 9.18 Å². The van der Waals surface area contributed by atoms with Gasteiger partial charge in [-0.3, -0.25) is 4.79 Å². The number of hydrogen-bond acceptors (Lipinski definition) is 7. The standard InChI is InChI=1S/C21H19FN6O3/c1-12-16(25-21(31-12)13-7-3-6-10-17(13)30-2)11-28-19(23)18(26-27-28)20(29)24-15-9-5-4-8-14(15)22/h3-10H,11,23H2,1-2H3,(H,24,29). The first kappa shape index (κ1) is 20.1. The predicted molar refractivity (Wildman–Crippen MR) is 111 cm³/mol. The molecule has 2 heterocycles. The van der Waals surface area contributed by atoms with Crippen molar-refractivity contribution in [1.82, 2.24) is 20.0 Å². The molecule has 4 rings (SSSR count). The lowest BCUT2D eigenvalue weighted by atomic mass is 10.2. The van der Waals surface area contributed by atoms with Crippen LogP contribution in [-0.2, 0) is 6.54 Å². The lowest BCUT2D eigenvalue weighted by Gasteiger charge is -2.05. The number of aryl methyl sites for hydroxylation is 1. The van der Waals surface area contributed by atoms with Crippen LogP contribution in [0.2, 0.25) is 0 Å². The number of benzene rings is 2. The summed E-state index contributed by atoms with van der Waals surface area (Å²) >= 11 is 0. The number of amides is 1. The van der Waals surface area contributed by atoms with Crippen molar-refractivity contribution in [1.29, 1.82) is 0 Å². The molecule has 0 spiro atoms. The van der Waals surface area contributed by atoms with Crippen molar-refractivity contribution in [3.8, 4) is 17.2 Å². The monoisotopic (exact) mass is 422 g/mol. The molecule has 4 aromatic rings. The number of anilines is 2. The maximum Gasteiger partial charge on any atom is 0.280 e. The Kier molecular flexibility index (Phi) is 5.35. The molecule has 0 atom stereocenters. The zero-order valence-corrected chi connectivity index (χ0v) is 16.8. The molecule has 9 nitrogen and oxygen atoms in total. The fraction of sp³-hybridized carbons (Fsp3) is 0.143. The number of halogens is 1. The fourth-order valence-electron chi connectivity index (χ4n) is 3.00. The molecule has 2 aromatic carbocycles. The van der Waals surface area contributed by atoms with Gasteiger partial charge in [-0.05, 0) is 31.2 Å². The smallest absolute Gasteiger partial charge is 0.280 e. The van der Waals surface area contributed by atoms with Crippen LogP contribution in [0.15, 0.2) is 52.9 Å². The highest BCUT2D eigenvalue weighted by Gasteiger charge is 2.21. The number of para-hydroxylation sites is 2. The van der Waals surface area contributed by atoms with Crippen LogP contribution in [0.1, 0.15) is 21.9 Å². The second-order valence-corrected chi connectivity index (χ2v) is 6.64. The van der Waals surface area contributed by atoms with Crippen LogP contribution in [0, 0.1) is 12.7 Å². The summed E-state index contributed by atoms with van der Waals surface area (Å²) in [6, 6.07) is 13.2. The van der Waals surface area contributed by atoms with Gasteiger partial charge in [-0.1, -0.05) is 29.5 Å². The van der Waals surface area contributed by atoms with Crippen molar-refractivity contribution in [2.45, 2.75) is 13.5 Å². The second kappa shape index (κ2) is 8.27. The number of ether oxygens (including phenoxy) is 1. The van der Waals surface area contributed by atoms with Gasteiger partial charge in [-0.15, -0.1) is 5.10 Å². The highest BCUT2D eigenvalue weighted by atomic mass is 19.1. The molecular formula is C21H19FN6O3. The van der Waals surface area contributed by atoms with Crippen molar-refractivity contribution < 1.29 is 18.3 Å². The van der Waals surface area contributed by atoms with E-state index in [2.05, 4.69) is 20.6 Å². The summed E-state index contributed by atoms with van der Waals surface area (Å²) in [5.74, 6) is 0.372. The minimum Gasteiger partial charge on any atom is -0.496 e. The first-order chi connectivity index (χ1) is 15.0. The molecular weight excluding hydrogens is 403 g/mol. The van der Waals surface area contributed by atoms with E-state index in [0.29, 0.717) is 28.7 Å². The van der Waals surface area contributed by atoms with Crippen LogP contribution in [0.25, 0.3) is 11.5 Å². The molecule has 31 heavy (non-hydrogen) atoms. The van der Waals surface area contributed by atoms with E-state index in [0.717, 1.165) is 0 Å². The molecule has 0 aliphatic heterocycles. The van der Waals surface area contributed by atoms with Gasteiger partial charge in [0.05, 0.1) is 24.9 Å². The number of nitrogens with one attached hydrogen (secondary N) is 1. The normalized spacial score (nSPS) is 10.8. The third kappa shape index (κ3) is 3.95. The topological polar surface area (TPSA) is 121 Å². The second-order valence-electron chi connectivity index (χ2n) is 6.64. The van der Waals surface area contributed by atoms with Gasteiger partial charge in [-0.2, -0.15) is 0 Å². The minimum atomic E-state index is -0.666. The SMILES string of the molecule is COc1ccccc1-c1nc(Cn2nnc(C(=O)Nc3ccccc3F)c2N)c(C)o1. The van der Waals surface area contributed by atoms with Gasteiger partial charge in [0.1, 0.15) is 23.0 Å². The van der Waals surface area contributed by atoms with Gasteiger partial charge in [0.25, 0.3) is 5.91 Å². The van der Waals surface area contributed by atoms with Gasteiger partial charge in [0.2, 0.25) is 5.89 Å². The number of nitrogens with zero attached hydrogens (tertiary/aromatic N) is 4. The highest BCUT2D eigenvalue weighted by molar-refractivity contribution is 6.05. The van der Waals surface area contributed by atoms with Crippen LogP contribution >= 0.6 is 0 Å². The molecule has 0 saturated heterocycles. The molecule has 3 N–H and O–H groups in total. The predicted octanol–water partition coefficient (Wildman–Crippen LogP) is 3.27. The van der Waals surface area contributed by atoms with Crippen LogP contribution in [0.3, 0.4) is 0 Å². The summed E-state index contributed by atoms with van der Waals surface area (Å²) in [7, 11) is 1.57. The fourth-order valence-corrected chi connectivity index (χ4v) is 3.00. The molecule has 0 bridgehead atoms. The molecule has 10 heteroatoms. The van der Waals surface area contributed by atoms with Crippen molar-refractivity contribution in [3.63, 3.8) is 0 Å². The van der Waals surface area contributed by atoms with Crippen LogP contribution in [0.4, 0.5) is 15.9 Å². The molecule has 0 radical (unpaired) electrons. The molecule has 158 valence electrons. The number of carbonyl (C=O) groups excluding carboxylic acids is 1. The zero-order valence-electron chi connectivity index (χ0n) is 16.8. The highest BCUT2D eigenvalue weighted by Crippen LogP contribution is 2.30. The number of carbonyl (C=O) groups is 1. The number of nitrogens with two attached hydrogens (primary N) is 1. The largest absolute Gasteiger partial charge is 0.496 e. The maximum atomic E-state index is 13.8. The number of nitrogen functional groups attached to an aromatic ring is 1. The Morgan fingerprint density at radius 1 is 1.23 bits per heavy atom. The molecule has 0 aliphatic carbocycles. The Balaban J connectivity index is 1.56. The average molecular weight is 422 g/mol. The number of rotatable bonds is 6. The van der Waals surface area contributed by atoms with Gasteiger partial charge in [0, 0.05) is 0 Å². The van der Waals surface area contributed by atoms with E-state index in [1.54, 1.807) is 20.1 Å². The number of hydrogen-bond donors (Lipinski definition) is 2. The maximum absolute atomic E-state index is 13.8. The van der Waals surface area contributed by atoms with Gasteiger partial charge >= 0.3 is 0 Å². The molecule has 2 aromatic heterocycles. The van der Waals surface area contributed by atoms with Gasteiger partial charge < -0.3 is 20.2 Å². The quantitative estimate of drug-likeness (QED) is 0.489. The summed E-state index contributed by atoms with van der Waals surface area (Å²) in [5, 5.41) is 10.2. The lowest BCUT2D eigenvalue weighted by molar-refractivity contribution is 0.102. The summed E-state index contributed by atoms with van der Waals surface area (Å²) in [6.45, 7) is 1.90. The Labute approximate surface area is 176 Å². The van der Waals surface area contributed by atoms with E-state index >= 15 is 0 Å². The van der Waals surface area contributed by atoms with Crippen molar-refractivity contribution in [2.75, 3.05) is 18.2 Å². The van der Waals surface area contributed by atoms with E-state index in [1.165, 1.54) is 22.9 Å². The third-order valence-corrected chi connectivity index (χ3v) is 4.64. The molecule has 1 amide bonds. The Hall–Kier alpha value is -4.21. The Bertz CT molecular complexity index is 1250. The molecule has 0 unspecified atom stereocenters. The van der Waals surface area contributed by atoms with Gasteiger partial charge in [0.15, 0.2) is 11.5 Å².